The summed E-state index contributed by atoms with van der Waals surface area (Å²) in [4.78, 5) is 23.0. The molecular weight excluding hydrogens is 272 g/mol. The molecule has 0 radical (unpaired) electrons. The highest BCUT2D eigenvalue weighted by Gasteiger charge is 2.20. The molecule has 0 aliphatic carbocycles. The standard InChI is InChI=1S/C15H30N2O4/c1-10(2)12(8-16-11(3)13(18)20-7)9-17-14(19)21-15(4,5)6/h10-12,16H,8-9H2,1-7H3,(H,17,19). The average molecular weight is 302 g/mol. The fourth-order valence-electron chi connectivity index (χ4n) is 1.66. The topological polar surface area (TPSA) is 76.7 Å². The van der Waals surface area contributed by atoms with Crippen LogP contribution in [-0.4, -0.2) is 43.9 Å². The summed E-state index contributed by atoms with van der Waals surface area (Å²) in [6.07, 6.45) is -0.422. The van der Waals surface area contributed by atoms with Crippen molar-refractivity contribution in [2.45, 2.75) is 53.2 Å². The van der Waals surface area contributed by atoms with Gasteiger partial charge in [0.25, 0.3) is 0 Å². The van der Waals surface area contributed by atoms with Gasteiger partial charge in [0.1, 0.15) is 11.6 Å². The summed E-state index contributed by atoms with van der Waals surface area (Å²) in [5.41, 5.74) is -0.505. The van der Waals surface area contributed by atoms with Gasteiger partial charge in [-0.05, 0) is 39.5 Å². The smallest absolute Gasteiger partial charge is 0.407 e. The molecule has 0 aliphatic heterocycles. The molecule has 0 spiro atoms. The Hall–Kier alpha value is -1.30. The lowest BCUT2D eigenvalue weighted by Crippen LogP contribution is -2.43. The number of nitrogens with one attached hydrogen (secondary N) is 2. The number of hydrogen-bond donors (Lipinski definition) is 2. The maximum absolute atomic E-state index is 11.7. The lowest BCUT2D eigenvalue weighted by atomic mass is 9.95. The molecule has 2 atom stereocenters. The minimum absolute atomic E-state index is 0.199. The van der Waals surface area contributed by atoms with Gasteiger partial charge in [0.2, 0.25) is 0 Å². The molecule has 0 aromatic heterocycles. The molecule has 0 saturated carbocycles. The number of carbonyl (C=O) groups is 2. The summed E-state index contributed by atoms with van der Waals surface area (Å²) >= 11 is 0. The number of methoxy groups -OCH3 is 1. The Morgan fingerprint density at radius 2 is 1.67 bits per heavy atom. The lowest BCUT2D eigenvalue weighted by Gasteiger charge is -2.25. The third kappa shape index (κ3) is 9.28. The summed E-state index contributed by atoms with van der Waals surface area (Å²) < 4.78 is 9.87. The van der Waals surface area contributed by atoms with Crippen LogP contribution in [0.3, 0.4) is 0 Å². The predicted molar refractivity (Wildman–Crippen MR) is 82.0 cm³/mol. The van der Waals surface area contributed by atoms with Crippen molar-refractivity contribution in [2.75, 3.05) is 20.2 Å². The van der Waals surface area contributed by atoms with Crippen LogP contribution >= 0.6 is 0 Å². The molecule has 0 bridgehead atoms. The van der Waals surface area contributed by atoms with E-state index in [0.29, 0.717) is 19.0 Å². The second-order valence-corrected chi connectivity index (χ2v) is 6.54. The Labute approximate surface area is 127 Å². The second kappa shape index (κ2) is 8.87. The zero-order valence-corrected chi connectivity index (χ0v) is 14.3. The zero-order valence-electron chi connectivity index (χ0n) is 14.3. The number of carbonyl (C=O) groups excluding carboxylic acids is 2. The Balaban J connectivity index is 4.26. The number of esters is 1. The third-order valence-electron chi connectivity index (χ3n) is 3.09. The highest BCUT2D eigenvalue weighted by atomic mass is 16.6. The van der Waals surface area contributed by atoms with Gasteiger partial charge in [-0.25, -0.2) is 4.79 Å². The predicted octanol–water partition coefficient (Wildman–Crippen LogP) is 1.93. The molecule has 6 nitrogen and oxygen atoms in total. The molecule has 0 saturated heterocycles. The van der Waals surface area contributed by atoms with Crippen molar-refractivity contribution in [2.24, 2.45) is 11.8 Å². The largest absolute Gasteiger partial charge is 0.468 e. The molecule has 0 aromatic carbocycles. The summed E-state index contributed by atoms with van der Waals surface area (Å²) in [6, 6.07) is -0.363. The van der Waals surface area contributed by atoms with Crippen molar-refractivity contribution in [1.29, 1.82) is 0 Å². The minimum Gasteiger partial charge on any atom is -0.468 e. The van der Waals surface area contributed by atoms with E-state index in [1.54, 1.807) is 6.92 Å². The van der Waals surface area contributed by atoms with Crippen LogP contribution in [0.5, 0.6) is 0 Å². The normalized spacial score (nSPS) is 14.5. The molecule has 0 aliphatic rings. The van der Waals surface area contributed by atoms with Gasteiger partial charge in [0.05, 0.1) is 7.11 Å². The van der Waals surface area contributed by atoms with Crippen LogP contribution in [0.4, 0.5) is 4.79 Å². The van der Waals surface area contributed by atoms with Gasteiger partial charge in [-0.3, -0.25) is 4.79 Å². The van der Waals surface area contributed by atoms with E-state index in [0.717, 1.165) is 0 Å². The fraction of sp³-hybridized carbons (Fsp3) is 0.867. The van der Waals surface area contributed by atoms with E-state index >= 15 is 0 Å². The molecule has 1 amide bonds. The van der Waals surface area contributed by atoms with Gasteiger partial charge in [-0.1, -0.05) is 13.8 Å². The first-order chi connectivity index (χ1) is 9.56. The van der Waals surface area contributed by atoms with Crippen molar-refractivity contribution in [3.8, 4) is 0 Å². The molecule has 0 fully saturated rings. The van der Waals surface area contributed by atoms with E-state index in [9.17, 15) is 9.59 Å². The van der Waals surface area contributed by atoms with Crippen LogP contribution in [0.1, 0.15) is 41.5 Å². The van der Waals surface area contributed by atoms with Gasteiger partial charge in [-0.15, -0.1) is 0 Å². The molecule has 0 aromatic rings. The monoisotopic (exact) mass is 302 g/mol. The van der Waals surface area contributed by atoms with E-state index in [-0.39, 0.29) is 17.9 Å². The number of ether oxygens (including phenoxy) is 2. The maximum Gasteiger partial charge on any atom is 0.407 e. The van der Waals surface area contributed by atoms with Gasteiger partial charge in [0.15, 0.2) is 0 Å². The van der Waals surface area contributed by atoms with Crippen LogP contribution in [0, 0.1) is 11.8 Å². The first-order valence-corrected chi connectivity index (χ1v) is 7.35. The van der Waals surface area contributed by atoms with Gasteiger partial charge >= 0.3 is 12.1 Å². The summed E-state index contributed by atoms with van der Waals surface area (Å²) in [6.45, 7) is 12.5. The van der Waals surface area contributed by atoms with Crippen LogP contribution < -0.4 is 10.6 Å². The van der Waals surface area contributed by atoms with Crippen LogP contribution in [-0.2, 0) is 14.3 Å². The maximum atomic E-state index is 11.7. The summed E-state index contributed by atoms with van der Waals surface area (Å²) in [5.74, 6) is 0.263. The molecule has 2 unspecified atom stereocenters. The van der Waals surface area contributed by atoms with Crippen molar-refractivity contribution in [3.63, 3.8) is 0 Å². The quantitative estimate of drug-likeness (QED) is 0.703. The number of alkyl carbamates (subject to hydrolysis) is 1. The molecule has 0 rings (SSSR count). The fourth-order valence-corrected chi connectivity index (χ4v) is 1.66. The number of rotatable bonds is 7. The third-order valence-corrected chi connectivity index (χ3v) is 3.09. The highest BCUT2D eigenvalue weighted by molar-refractivity contribution is 5.75. The Kier molecular flexibility index (Phi) is 8.32. The average Bonchev–Trinajstić information content (AvgIpc) is 2.34. The lowest BCUT2D eigenvalue weighted by molar-refractivity contribution is -0.142. The molecule has 124 valence electrons. The first-order valence-electron chi connectivity index (χ1n) is 7.35. The molecular formula is C15H30N2O4. The molecule has 0 heterocycles. The van der Waals surface area contributed by atoms with Gasteiger partial charge < -0.3 is 20.1 Å². The summed E-state index contributed by atoms with van der Waals surface area (Å²) in [7, 11) is 1.37. The van der Waals surface area contributed by atoms with Crippen LogP contribution in [0.25, 0.3) is 0 Å². The van der Waals surface area contributed by atoms with Crippen LogP contribution in [0.15, 0.2) is 0 Å². The van der Waals surface area contributed by atoms with Gasteiger partial charge in [-0.2, -0.15) is 0 Å². The van der Waals surface area contributed by atoms with E-state index in [4.69, 9.17) is 4.74 Å². The second-order valence-electron chi connectivity index (χ2n) is 6.54. The molecule has 21 heavy (non-hydrogen) atoms. The Bertz CT molecular complexity index is 337. The van der Waals surface area contributed by atoms with Crippen molar-refractivity contribution >= 4 is 12.1 Å². The number of hydrogen-bond acceptors (Lipinski definition) is 5. The molecule has 2 N–H and O–H groups in total. The van der Waals surface area contributed by atoms with Crippen molar-refractivity contribution in [3.05, 3.63) is 0 Å². The Morgan fingerprint density at radius 1 is 1.10 bits per heavy atom. The van der Waals surface area contributed by atoms with E-state index in [1.807, 2.05) is 20.8 Å². The minimum atomic E-state index is -0.505. The van der Waals surface area contributed by atoms with E-state index in [2.05, 4.69) is 29.2 Å². The van der Waals surface area contributed by atoms with E-state index in [1.165, 1.54) is 7.11 Å². The molecule has 6 heteroatoms. The van der Waals surface area contributed by atoms with Crippen molar-refractivity contribution < 1.29 is 19.1 Å². The van der Waals surface area contributed by atoms with Gasteiger partial charge in [0, 0.05) is 13.1 Å². The highest BCUT2D eigenvalue weighted by Crippen LogP contribution is 2.10. The van der Waals surface area contributed by atoms with Crippen molar-refractivity contribution in [1.82, 2.24) is 10.6 Å². The first kappa shape index (κ1) is 19.7. The van der Waals surface area contributed by atoms with E-state index < -0.39 is 11.7 Å². The Morgan fingerprint density at radius 3 is 2.10 bits per heavy atom. The van der Waals surface area contributed by atoms with Crippen LogP contribution in [0.2, 0.25) is 0 Å². The summed E-state index contributed by atoms with van der Waals surface area (Å²) in [5, 5.41) is 5.89. The number of amides is 1. The zero-order chi connectivity index (χ0) is 16.6. The SMILES string of the molecule is COC(=O)C(C)NCC(CNC(=O)OC(C)(C)C)C(C)C.